The first-order chi connectivity index (χ1) is 27.8. The zero-order valence-corrected chi connectivity index (χ0v) is 31.9. The fourth-order valence-electron chi connectivity index (χ4n) is 11.3. The molecule has 268 valence electrons. The Hall–Kier alpha value is -6.16. The average Bonchev–Trinajstić information content (AvgIpc) is 3.98. The molecule has 1 heterocycles. The molecule has 56 heavy (non-hydrogen) atoms. The van der Waals surface area contributed by atoms with Crippen LogP contribution in [0.15, 0.2) is 182 Å². The number of anilines is 6. The van der Waals surface area contributed by atoms with Crippen LogP contribution in [0.5, 0.6) is 0 Å². The number of hydrogen-bond acceptors (Lipinski definition) is 3. The SMILES string of the molecule is c1ccc(N(c2ccccc2)c2cccc3c2C24c5c(cccc5N(c5ccc6c(c5)sc5ccccc56)c5cccc6ccccc56)CC2CCC4C3)cc1. The maximum absolute atomic E-state index is 2.63. The molecule has 9 aromatic rings. The van der Waals surface area contributed by atoms with E-state index in [1.807, 2.05) is 11.3 Å². The maximum Gasteiger partial charge on any atom is 0.0540 e. The lowest BCUT2D eigenvalue weighted by Gasteiger charge is -2.40. The van der Waals surface area contributed by atoms with Crippen LogP contribution in [0.1, 0.15) is 35.1 Å². The van der Waals surface area contributed by atoms with Crippen LogP contribution in [0.25, 0.3) is 30.9 Å². The summed E-state index contributed by atoms with van der Waals surface area (Å²) in [5, 5.41) is 5.20. The summed E-state index contributed by atoms with van der Waals surface area (Å²) >= 11 is 1.90. The summed E-state index contributed by atoms with van der Waals surface area (Å²) in [6.45, 7) is 0. The zero-order chi connectivity index (χ0) is 36.8. The molecule has 3 atom stereocenters. The van der Waals surface area contributed by atoms with E-state index >= 15 is 0 Å². The van der Waals surface area contributed by atoms with E-state index in [-0.39, 0.29) is 5.41 Å². The van der Waals surface area contributed by atoms with Gasteiger partial charge >= 0.3 is 0 Å². The van der Waals surface area contributed by atoms with E-state index < -0.39 is 0 Å². The van der Waals surface area contributed by atoms with Crippen molar-refractivity contribution in [1.29, 1.82) is 0 Å². The third-order valence-corrected chi connectivity index (χ3v) is 14.4. The minimum atomic E-state index is -0.107. The van der Waals surface area contributed by atoms with E-state index in [9.17, 15) is 0 Å². The summed E-state index contributed by atoms with van der Waals surface area (Å²) in [4.78, 5) is 5.16. The Balaban J connectivity index is 1.14. The Labute approximate surface area is 331 Å². The topological polar surface area (TPSA) is 6.48 Å². The number of nitrogens with zero attached hydrogens (tertiary/aromatic N) is 2. The van der Waals surface area contributed by atoms with Crippen molar-refractivity contribution in [2.45, 2.75) is 31.1 Å². The highest BCUT2D eigenvalue weighted by atomic mass is 32.1. The van der Waals surface area contributed by atoms with Crippen LogP contribution in [0, 0.1) is 11.8 Å². The number of fused-ring (bicyclic) bond motifs is 6. The molecule has 3 aliphatic carbocycles. The molecule has 1 aromatic heterocycles. The first kappa shape index (κ1) is 32.1. The highest BCUT2D eigenvalue weighted by molar-refractivity contribution is 7.25. The Morgan fingerprint density at radius 3 is 1.64 bits per heavy atom. The molecule has 1 fully saturated rings. The molecule has 1 spiro atoms. The van der Waals surface area contributed by atoms with Gasteiger partial charge < -0.3 is 9.80 Å². The van der Waals surface area contributed by atoms with Gasteiger partial charge in [-0.15, -0.1) is 11.3 Å². The average molecular weight is 737 g/mol. The Morgan fingerprint density at radius 1 is 0.411 bits per heavy atom. The molecular formula is C53H40N2S. The van der Waals surface area contributed by atoms with Gasteiger partial charge in [-0.05, 0) is 126 Å². The quantitative estimate of drug-likeness (QED) is 0.168. The van der Waals surface area contributed by atoms with Crippen molar-refractivity contribution in [1.82, 2.24) is 0 Å². The van der Waals surface area contributed by atoms with E-state index in [0.29, 0.717) is 11.8 Å². The van der Waals surface area contributed by atoms with Crippen LogP contribution in [0.3, 0.4) is 0 Å². The van der Waals surface area contributed by atoms with Crippen molar-refractivity contribution in [3.63, 3.8) is 0 Å². The second kappa shape index (κ2) is 12.4. The number of para-hydroxylation sites is 2. The Kier molecular flexibility index (Phi) is 7.13. The molecule has 0 saturated heterocycles. The van der Waals surface area contributed by atoms with Crippen molar-refractivity contribution in [3.05, 3.63) is 204 Å². The predicted molar refractivity (Wildman–Crippen MR) is 237 cm³/mol. The largest absolute Gasteiger partial charge is 0.310 e. The molecule has 0 N–H and O–H groups in total. The van der Waals surface area contributed by atoms with Gasteiger partial charge in [0.25, 0.3) is 0 Å². The molecule has 2 nitrogen and oxygen atoms in total. The van der Waals surface area contributed by atoms with Crippen LogP contribution in [0.2, 0.25) is 0 Å². The summed E-state index contributed by atoms with van der Waals surface area (Å²) in [6.07, 6.45) is 4.74. The van der Waals surface area contributed by atoms with Crippen LogP contribution in [-0.4, -0.2) is 0 Å². The fraction of sp³-hybridized carbons (Fsp3) is 0.132. The summed E-state index contributed by atoms with van der Waals surface area (Å²) in [5.41, 5.74) is 13.5. The summed E-state index contributed by atoms with van der Waals surface area (Å²) < 4.78 is 2.66. The highest BCUT2D eigenvalue weighted by Gasteiger charge is 2.62. The van der Waals surface area contributed by atoms with Gasteiger partial charge in [-0.1, -0.05) is 121 Å². The van der Waals surface area contributed by atoms with E-state index in [1.54, 1.807) is 11.1 Å². The van der Waals surface area contributed by atoms with Gasteiger partial charge in [0.05, 0.1) is 17.1 Å². The van der Waals surface area contributed by atoms with Gasteiger partial charge in [0.1, 0.15) is 0 Å². The van der Waals surface area contributed by atoms with Gasteiger partial charge in [0.2, 0.25) is 0 Å². The summed E-state index contributed by atoms with van der Waals surface area (Å²) in [6, 6.07) is 68.2. The normalized spacial score (nSPS) is 19.2. The first-order valence-electron chi connectivity index (χ1n) is 20.1. The van der Waals surface area contributed by atoms with E-state index in [1.165, 1.54) is 89.0 Å². The number of benzene rings is 8. The molecule has 0 radical (unpaired) electrons. The van der Waals surface area contributed by atoms with Gasteiger partial charge in [0.15, 0.2) is 0 Å². The molecule has 12 rings (SSSR count). The number of thiophene rings is 1. The standard InChI is InChI=1S/C53H40N2S/c1-3-18-40(19-4-1)54(41-20-5-2-6-21-41)47-25-12-16-36-32-38-28-29-39-33-37-17-13-26-48(52(37)53(38,39)51(36)47)55(46-24-11-15-35-14-7-8-22-43(35)46)42-30-31-45-44-23-9-10-27-49(44)56-50(45)34-42/h1-27,30-31,34,38-39H,28-29,32-33H2. The van der Waals surface area contributed by atoms with Crippen molar-refractivity contribution in [2.75, 3.05) is 9.80 Å². The smallest absolute Gasteiger partial charge is 0.0540 e. The second-order valence-corrected chi connectivity index (χ2v) is 17.1. The number of hydrogen-bond donors (Lipinski definition) is 0. The van der Waals surface area contributed by atoms with E-state index in [4.69, 9.17) is 0 Å². The zero-order valence-electron chi connectivity index (χ0n) is 31.1. The molecule has 1 saturated carbocycles. The molecule has 3 unspecified atom stereocenters. The molecule has 0 amide bonds. The van der Waals surface area contributed by atoms with Crippen LogP contribution in [0.4, 0.5) is 34.1 Å². The third-order valence-electron chi connectivity index (χ3n) is 13.3. The summed E-state index contributed by atoms with van der Waals surface area (Å²) in [7, 11) is 0. The lowest BCUT2D eigenvalue weighted by Crippen LogP contribution is -2.34. The van der Waals surface area contributed by atoms with Crippen molar-refractivity contribution in [2.24, 2.45) is 11.8 Å². The van der Waals surface area contributed by atoms with Gasteiger partial charge in [-0.25, -0.2) is 0 Å². The van der Waals surface area contributed by atoms with Crippen LogP contribution in [-0.2, 0) is 18.3 Å². The fourth-order valence-corrected chi connectivity index (χ4v) is 12.4. The predicted octanol–water partition coefficient (Wildman–Crippen LogP) is 14.6. The minimum Gasteiger partial charge on any atom is -0.310 e. The molecule has 3 heteroatoms. The third kappa shape index (κ3) is 4.55. The van der Waals surface area contributed by atoms with Gasteiger partial charge in [-0.2, -0.15) is 0 Å². The van der Waals surface area contributed by atoms with Crippen LogP contribution < -0.4 is 9.80 Å². The van der Waals surface area contributed by atoms with Gasteiger partial charge in [-0.3, -0.25) is 0 Å². The minimum absolute atomic E-state index is 0.107. The lowest BCUT2D eigenvalue weighted by molar-refractivity contribution is 0.350. The van der Waals surface area contributed by atoms with Gasteiger partial charge in [0, 0.05) is 48.0 Å². The monoisotopic (exact) mass is 736 g/mol. The second-order valence-electron chi connectivity index (χ2n) is 16.0. The molecule has 8 aromatic carbocycles. The molecule has 0 aliphatic heterocycles. The van der Waals surface area contributed by atoms with Crippen molar-refractivity contribution in [3.8, 4) is 0 Å². The first-order valence-corrected chi connectivity index (χ1v) is 20.9. The van der Waals surface area contributed by atoms with E-state index in [2.05, 4.69) is 192 Å². The highest BCUT2D eigenvalue weighted by Crippen LogP contribution is 2.69. The number of rotatable bonds is 6. The van der Waals surface area contributed by atoms with Crippen LogP contribution >= 0.6 is 11.3 Å². The molecule has 3 aliphatic rings. The molecular weight excluding hydrogens is 697 g/mol. The summed E-state index contributed by atoms with van der Waals surface area (Å²) in [5.74, 6) is 1.08. The Morgan fingerprint density at radius 2 is 0.946 bits per heavy atom. The lowest BCUT2D eigenvalue weighted by atomic mass is 9.68. The van der Waals surface area contributed by atoms with E-state index in [0.717, 1.165) is 12.8 Å². The van der Waals surface area contributed by atoms with Crippen molar-refractivity contribution < 1.29 is 0 Å². The Bertz CT molecular complexity index is 2910. The van der Waals surface area contributed by atoms with Crippen molar-refractivity contribution >= 4 is 76.4 Å². The maximum atomic E-state index is 2.63. The molecule has 0 bridgehead atoms.